The molecule has 0 spiro atoms. The van der Waals surface area contributed by atoms with Crippen LogP contribution in [0.15, 0.2) is 36.5 Å². The van der Waals surface area contributed by atoms with Gasteiger partial charge in [0.15, 0.2) is 5.13 Å². The Morgan fingerprint density at radius 1 is 1.27 bits per heavy atom. The van der Waals surface area contributed by atoms with E-state index in [1.54, 1.807) is 28.9 Å². The first-order valence-corrected chi connectivity index (χ1v) is 10.6. The monoisotopic (exact) mass is 424 g/mol. The Bertz CT molecular complexity index is 1190. The molecule has 0 atom stereocenters. The van der Waals surface area contributed by atoms with Crippen LogP contribution in [0.4, 0.5) is 5.13 Å². The molecule has 9 heteroatoms. The molecule has 8 nitrogen and oxygen atoms in total. The van der Waals surface area contributed by atoms with E-state index in [1.807, 2.05) is 49.7 Å². The molecule has 1 amide bonds. The lowest BCUT2D eigenvalue weighted by Gasteiger charge is -2.20. The second kappa shape index (κ2) is 8.27. The first-order chi connectivity index (χ1) is 14.5. The van der Waals surface area contributed by atoms with E-state index >= 15 is 0 Å². The first-order valence-electron chi connectivity index (χ1n) is 9.81. The molecular formula is C21H24N6O2S. The number of amides is 1. The molecule has 0 unspecified atom stereocenters. The van der Waals surface area contributed by atoms with E-state index in [-0.39, 0.29) is 5.91 Å². The van der Waals surface area contributed by atoms with Crippen LogP contribution in [0.5, 0.6) is 5.75 Å². The van der Waals surface area contributed by atoms with Crippen molar-refractivity contribution in [2.24, 2.45) is 7.05 Å². The standard InChI is InChI=1S/C21H24N6O2S/c1-5-29-17-7-6-8-18-19(17)23-21(30-18)26(20(28)16-9-10-22-25(16)4)11-12-27-15(3)13-14(2)24-27/h6-10,13H,5,11-12H2,1-4H3. The van der Waals surface area contributed by atoms with Gasteiger partial charge < -0.3 is 4.74 Å². The molecule has 156 valence electrons. The molecule has 0 aliphatic rings. The summed E-state index contributed by atoms with van der Waals surface area (Å²) < 4.78 is 10.2. The second-order valence-corrected chi connectivity index (χ2v) is 7.99. The average Bonchev–Trinajstić information content (AvgIpc) is 3.41. The third kappa shape index (κ3) is 3.80. The van der Waals surface area contributed by atoms with E-state index in [9.17, 15) is 4.79 Å². The highest BCUT2D eigenvalue weighted by atomic mass is 32.1. The topological polar surface area (TPSA) is 78.1 Å². The van der Waals surface area contributed by atoms with Crippen molar-refractivity contribution in [1.29, 1.82) is 0 Å². The van der Waals surface area contributed by atoms with Gasteiger partial charge in [0.2, 0.25) is 0 Å². The molecule has 0 bridgehead atoms. The van der Waals surface area contributed by atoms with Crippen molar-refractivity contribution in [1.82, 2.24) is 24.5 Å². The Labute approximate surface area is 178 Å². The quantitative estimate of drug-likeness (QED) is 0.453. The molecule has 0 saturated heterocycles. The van der Waals surface area contributed by atoms with Crippen LogP contribution in [0.1, 0.15) is 28.8 Å². The predicted octanol–water partition coefficient (Wildman–Crippen LogP) is 3.59. The van der Waals surface area contributed by atoms with Gasteiger partial charge in [-0.1, -0.05) is 17.4 Å². The molecule has 0 aliphatic heterocycles. The van der Waals surface area contributed by atoms with Gasteiger partial charge in [0.05, 0.1) is 23.5 Å². The molecule has 4 rings (SSSR count). The molecule has 4 aromatic rings. The Morgan fingerprint density at radius 2 is 2.10 bits per heavy atom. The number of rotatable bonds is 7. The third-order valence-electron chi connectivity index (χ3n) is 4.83. The van der Waals surface area contributed by atoms with Crippen LogP contribution < -0.4 is 9.64 Å². The van der Waals surface area contributed by atoms with Gasteiger partial charge in [0.1, 0.15) is 17.0 Å². The molecule has 3 heterocycles. The number of hydrogen-bond donors (Lipinski definition) is 0. The molecule has 0 saturated carbocycles. The lowest BCUT2D eigenvalue weighted by molar-refractivity contribution is 0.0976. The van der Waals surface area contributed by atoms with Crippen molar-refractivity contribution in [3.05, 3.63) is 53.6 Å². The van der Waals surface area contributed by atoms with E-state index in [4.69, 9.17) is 9.72 Å². The average molecular weight is 425 g/mol. The van der Waals surface area contributed by atoms with Gasteiger partial charge in [-0.15, -0.1) is 0 Å². The normalized spacial score (nSPS) is 11.2. The molecule has 1 aromatic carbocycles. The lowest BCUT2D eigenvalue weighted by atomic mass is 10.3. The van der Waals surface area contributed by atoms with E-state index < -0.39 is 0 Å². The van der Waals surface area contributed by atoms with Crippen molar-refractivity contribution in [2.75, 3.05) is 18.1 Å². The van der Waals surface area contributed by atoms with Crippen LogP contribution in [0.25, 0.3) is 10.2 Å². The Morgan fingerprint density at radius 3 is 2.77 bits per heavy atom. The molecular weight excluding hydrogens is 400 g/mol. The van der Waals surface area contributed by atoms with Gasteiger partial charge in [-0.2, -0.15) is 10.2 Å². The zero-order valence-electron chi connectivity index (χ0n) is 17.5. The Kier molecular flexibility index (Phi) is 5.54. The van der Waals surface area contributed by atoms with Crippen LogP contribution in [0, 0.1) is 13.8 Å². The van der Waals surface area contributed by atoms with Crippen molar-refractivity contribution < 1.29 is 9.53 Å². The predicted molar refractivity (Wildman–Crippen MR) is 117 cm³/mol. The number of hydrogen-bond acceptors (Lipinski definition) is 6. The van der Waals surface area contributed by atoms with Crippen LogP contribution in [-0.4, -0.2) is 43.6 Å². The SMILES string of the molecule is CCOc1cccc2sc(N(CCn3nc(C)cc3C)C(=O)c3ccnn3C)nc12. The van der Waals surface area contributed by atoms with Gasteiger partial charge in [0.25, 0.3) is 5.91 Å². The third-order valence-corrected chi connectivity index (χ3v) is 5.87. The minimum atomic E-state index is -0.145. The zero-order valence-corrected chi connectivity index (χ0v) is 18.3. The summed E-state index contributed by atoms with van der Waals surface area (Å²) in [6.45, 7) is 7.48. The number of ether oxygens (including phenoxy) is 1. The Hall–Kier alpha value is -3.20. The first kappa shape index (κ1) is 20.1. The lowest BCUT2D eigenvalue weighted by Crippen LogP contribution is -2.35. The maximum Gasteiger partial charge on any atom is 0.278 e. The van der Waals surface area contributed by atoms with E-state index in [2.05, 4.69) is 10.2 Å². The van der Waals surface area contributed by atoms with Crippen molar-refractivity contribution in [3.8, 4) is 5.75 Å². The smallest absolute Gasteiger partial charge is 0.278 e. The Balaban J connectivity index is 1.72. The summed E-state index contributed by atoms with van der Waals surface area (Å²) in [4.78, 5) is 19.9. The largest absolute Gasteiger partial charge is 0.492 e. The molecule has 0 aliphatic carbocycles. The molecule has 0 radical (unpaired) electrons. The number of fused-ring (bicyclic) bond motifs is 1. The number of carbonyl (C=O) groups is 1. The maximum absolute atomic E-state index is 13.4. The number of benzene rings is 1. The van der Waals surface area contributed by atoms with Crippen molar-refractivity contribution in [2.45, 2.75) is 27.3 Å². The van der Waals surface area contributed by atoms with Crippen LogP contribution in [0.2, 0.25) is 0 Å². The molecule has 30 heavy (non-hydrogen) atoms. The number of nitrogens with zero attached hydrogens (tertiary/aromatic N) is 6. The van der Waals surface area contributed by atoms with Crippen LogP contribution in [0.3, 0.4) is 0 Å². The second-order valence-electron chi connectivity index (χ2n) is 6.98. The highest BCUT2D eigenvalue weighted by molar-refractivity contribution is 7.22. The fraction of sp³-hybridized carbons (Fsp3) is 0.333. The van der Waals surface area contributed by atoms with Gasteiger partial charge in [-0.25, -0.2) is 4.98 Å². The fourth-order valence-corrected chi connectivity index (χ4v) is 4.41. The van der Waals surface area contributed by atoms with Crippen molar-refractivity contribution in [3.63, 3.8) is 0 Å². The highest BCUT2D eigenvalue weighted by Gasteiger charge is 2.24. The van der Waals surface area contributed by atoms with Gasteiger partial charge in [-0.3, -0.25) is 19.1 Å². The number of thiazole rings is 1. The molecule has 0 fully saturated rings. The summed E-state index contributed by atoms with van der Waals surface area (Å²) in [5, 5.41) is 9.30. The van der Waals surface area contributed by atoms with Gasteiger partial charge in [-0.05, 0) is 45.0 Å². The van der Waals surface area contributed by atoms with E-state index in [0.717, 1.165) is 27.4 Å². The molecule has 3 aromatic heterocycles. The summed E-state index contributed by atoms with van der Waals surface area (Å²) >= 11 is 1.48. The summed E-state index contributed by atoms with van der Waals surface area (Å²) in [6.07, 6.45) is 1.62. The highest BCUT2D eigenvalue weighted by Crippen LogP contribution is 2.34. The minimum Gasteiger partial charge on any atom is -0.492 e. The van der Waals surface area contributed by atoms with E-state index in [1.165, 1.54) is 11.3 Å². The maximum atomic E-state index is 13.4. The van der Waals surface area contributed by atoms with Gasteiger partial charge >= 0.3 is 0 Å². The fourth-order valence-electron chi connectivity index (χ4n) is 3.40. The summed E-state index contributed by atoms with van der Waals surface area (Å²) in [7, 11) is 1.76. The number of aryl methyl sites for hydroxylation is 3. The summed E-state index contributed by atoms with van der Waals surface area (Å²) in [6, 6.07) is 9.58. The number of para-hydroxylation sites is 1. The van der Waals surface area contributed by atoms with Crippen LogP contribution >= 0.6 is 11.3 Å². The van der Waals surface area contributed by atoms with Crippen LogP contribution in [-0.2, 0) is 13.6 Å². The number of anilines is 1. The number of aromatic nitrogens is 5. The molecule has 0 N–H and O–H groups in total. The number of carbonyl (C=O) groups excluding carboxylic acids is 1. The minimum absolute atomic E-state index is 0.145. The van der Waals surface area contributed by atoms with Gasteiger partial charge in [0, 0.05) is 25.5 Å². The summed E-state index contributed by atoms with van der Waals surface area (Å²) in [5.41, 5.74) is 3.29. The van der Waals surface area contributed by atoms with E-state index in [0.29, 0.717) is 30.5 Å². The zero-order chi connectivity index (χ0) is 21.3. The van der Waals surface area contributed by atoms with Crippen molar-refractivity contribution >= 4 is 32.6 Å². The summed E-state index contributed by atoms with van der Waals surface area (Å²) in [5.74, 6) is 0.581.